The Morgan fingerprint density at radius 2 is 2.17 bits per heavy atom. The molecule has 0 amide bonds. The van der Waals surface area contributed by atoms with Crippen LogP contribution in [-0.4, -0.2) is 41.3 Å². The number of carbonyl (C=O) groups excluding carboxylic acids is 1. The van der Waals surface area contributed by atoms with Gasteiger partial charge in [0.2, 0.25) is 0 Å². The zero-order chi connectivity index (χ0) is 13.0. The van der Waals surface area contributed by atoms with Gasteiger partial charge in [-0.25, -0.2) is 0 Å². The number of likely N-dealkylation sites (N-methyl/N-ethyl adjacent to an activating group) is 1. The minimum atomic E-state index is 0.0242. The Labute approximate surface area is 114 Å². The van der Waals surface area contributed by atoms with Gasteiger partial charge in [0.1, 0.15) is 0 Å². The van der Waals surface area contributed by atoms with Gasteiger partial charge in [-0.1, -0.05) is 37.3 Å². The normalized spacial score (nSPS) is 21.2. The van der Waals surface area contributed by atoms with E-state index in [0.29, 0.717) is 6.04 Å². The third-order valence-electron chi connectivity index (χ3n) is 3.72. The fourth-order valence-electron chi connectivity index (χ4n) is 2.55. The number of thioether (sulfide) groups is 1. The molecule has 1 aromatic carbocycles. The Morgan fingerprint density at radius 1 is 1.44 bits per heavy atom. The topological polar surface area (TPSA) is 20.3 Å². The van der Waals surface area contributed by atoms with Crippen LogP contribution in [0, 0.1) is 0 Å². The second-order valence-electron chi connectivity index (χ2n) is 4.84. The molecule has 1 aliphatic heterocycles. The van der Waals surface area contributed by atoms with Crippen molar-refractivity contribution in [3.63, 3.8) is 0 Å². The molecule has 1 aliphatic rings. The van der Waals surface area contributed by atoms with Crippen molar-refractivity contribution in [2.75, 3.05) is 18.6 Å². The molecule has 1 fully saturated rings. The maximum atomic E-state index is 12.5. The van der Waals surface area contributed by atoms with E-state index < -0.39 is 0 Å². The molecule has 0 saturated carbocycles. The van der Waals surface area contributed by atoms with Gasteiger partial charge < -0.3 is 0 Å². The van der Waals surface area contributed by atoms with E-state index in [-0.39, 0.29) is 11.8 Å². The van der Waals surface area contributed by atoms with Gasteiger partial charge in [0, 0.05) is 17.4 Å². The molecule has 3 heteroatoms. The van der Waals surface area contributed by atoms with Crippen LogP contribution in [0.3, 0.4) is 0 Å². The zero-order valence-corrected chi connectivity index (χ0v) is 12.0. The lowest BCUT2D eigenvalue weighted by atomic mass is 9.99. The Bertz CT molecular complexity index is 387. The number of benzene rings is 1. The highest BCUT2D eigenvalue weighted by Crippen LogP contribution is 2.24. The summed E-state index contributed by atoms with van der Waals surface area (Å²) in [5.41, 5.74) is 0.835. The molecule has 2 rings (SSSR count). The Balaban J connectivity index is 2.10. The molecule has 0 spiro atoms. The Morgan fingerprint density at radius 3 is 2.72 bits per heavy atom. The first-order chi connectivity index (χ1) is 8.74. The summed E-state index contributed by atoms with van der Waals surface area (Å²) in [6.07, 6.45) is 2.09. The standard InChI is InChI=1S/C15H21NOS/c1-3-14(16(2)13-9-10-18-11-13)15(17)12-7-5-4-6-8-12/h4-8,13-14H,3,9-11H2,1-2H3. The van der Waals surface area contributed by atoms with E-state index in [1.807, 2.05) is 42.1 Å². The van der Waals surface area contributed by atoms with Gasteiger partial charge in [0.05, 0.1) is 6.04 Å². The fourth-order valence-corrected chi connectivity index (χ4v) is 3.83. The number of rotatable bonds is 5. The number of carbonyl (C=O) groups is 1. The van der Waals surface area contributed by atoms with Gasteiger partial charge in [-0.05, 0) is 25.6 Å². The molecule has 98 valence electrons. The van der Waals surface area contributed by atoms with Gasteiger partial charge >= 0.3 is 0 Å². The summed E-state index contributed by atoms with van der Waals surface area (Å²) in [7, 11) is 2.10. The maximum absolute atomic E-state index is 12.5. The molecular weight excluding hydrogens is 242 g/mol. The number of ketones is 1. The van der Waals surface area contributed by atoms with Crippen molar-refractivity contribution in [1.29, 1.82) is 0 Å². The van der Waals surface area contributed by atoms with Gasteiger partial charge in [-0.2, -0.15) is 11.8 Å². The molecule has 2 atom stereocenters. The van der Waals surface area contributed by atoms with Crippen LogP contribution in [0.2, 0.25) is 0 Å². The number of Topliss-reactive ketones (excluding diaryl/α,β-unsaturated/α-hetero) is 1. The van der Waals surface area contributed by atoms with E-state index in [1.54, 1.807) is 0 Å². The summed E-state index contributed by atoms with van der Waals surface area (Å²) in [5, 5.41) is 0. The van der Waals surface area contributed by atoms with Gasteiger partial charge in [-0.15, -0.1) is 0 Å². The van der Waals surface area contributed by atoms with Gasteiger partial charge in [0.15, 0.2) is 5.78 Å². The highest BCUT2D eigenvalue weighted by molar-refractivity contribution is 7.99. The molecule has 1 aromatic rings. The molecule has 0 aromatic heterocycles. The molecule has 2 unspecified atom stereocenters. The monoisotopic (exact) mass is 263 g/mol. The summed E-state index contributed by atoms with van der Waals surface area (Å²) in [6, 6.07) is 10.2. The predicted molar refractivity (Wildman–Crippen MR) is 78.3 cm³/mol. The van der Waals surface area contributed by atoms with E-state index in [9.17, 15) is 4.79 Å². The van der Waals surface area contributed by atoms with E-state index in [0.717, 1.165) is 17.7 Å². The summed E-state index contributed by atoms with van der Waals surface area (Å²) >= 11 is 1.99. The first kappa shape index (κ1) is 13.6. The van der Waals surface area contributed by atoms with Crippen molar-refractivity contribution in [2.45, 2.75) is 31.8 Å². The first-order valence-electron chi connectivity index (χ1n) is 6.63. The van der Waals surface area contributed by atoms with E-state index in [2.05, 4.69) is 18.9 Å². The quantitative estimate of drug-likeness (QED) is 0.761. The van der Waals surface area contributed by atoms with Crippen molar-refractivity contribution in [3.8, 4) is 0 Å². The van der Waals surface area contributed by atoms with E-state index in [1.165, 1.54) is 12.2 Å². The SMILES string of the molecule is CCC(C(=O)c1ccccc1)N(C)C1CCSC1. The molecular formula is C15H21NOS. The number of nitrogens with zero attached hydrogens (tertiary/aromatic N) is 1. The number of hydrogen-bond donors (Lipinski definition) is 0. The van der Waals surface area contributed by atoms with Crippen LogP contribution in [0.4, 0.5) is 0 Å². The van der Waals surface area contributed by atoms with E-state index in [4.69, 9.17) is 0 Å². The van der Waals surface area contributed by atoms with Crippen LogP contribution in [0.15, 0.2) is 30.3 Å². The van der Waals surface area contributed by atoms with E-state index >= 15 is 0 Å². The van der Waals surface area contributed by atoms with Crippen molar-refractivity contribution in [1.82, 2.24) is 4.90 Å². The minimum Gasteiger partial charge on any atom is -0.293 e. The lowest BCUT2D eigenvalue weighted by molar-refractivity contribution is 0.0802. The molecule has 0 aliphatic carbocycles. The van der Waals surface area contributed by atoms with Gasteiger partial charge in [-0.3, -0.25) is 9.69 Å². The second-order valence-corrected chi connectivity index (χ2v) is 5.99. The predicted octanol–water partition coefficient (Wildman–Crippen LogP) is 3.09. The highest BCUT2D eigenvalue weighted by atomic mass is 32.2. The zero-order valence-electron chi connectivity index (χ0n) is 11.1. The lowest BCUT2D eigenvalue weighted by Gasteiger charge is -2.31. The van der Waals surface area contributed by atoms with Crippen LogP contribution in [0.25, 0.3) is 0 Å². The van der Waals surface area contributed by atoms with Crippen molar-refractivity contribution in [3.05, 3.63) is 35.9 Å². The Hall–Kier alpha value is -0.800. The molecule has 18 heavy (non-hydrogen) atoms. The van der Waals surface area contributed by atoms with Crippen LogP contribution < -0.4 is 0 Å². The minimum absolute atomic E-state index is 0.0242. The molecule has 2 nitrogen and oxygen atoms in total. The van der Waals surface area contributed by atoms with Crippen LogP contribution in [-0.2, 0) is 0 Å². The first-order valence-corrected chi connectivity index (χ1v) is 7.78. The third kappa shape index (κ3) is 2.96. The van der Waals surface area contributed by atoms with Gasteiger partial charge in [0.25, 0.3) is 0 Å². The summed E-state index contributed by atoms with van der Waals surface area (Å²) in [5.74, 6) is 2.65. The summed E-state index contributed by atoms with van der Waals surface area (Å²) < 4.78 is 0. The van der Waals surface area contributed by atoms with Crippen LogP contribution in [0.1, 0.15) is 30.1 Å². The molecule has 0 N–H and O–H groups in total. The van der Waals surface area contributed by atoms with Crippen molar-refractivity contribution >= 4 is 17.5 Å². The summed E-state index contributed by atoms with van der Waals surface area (Å²) in [6.45, 7) is 2.10. The average Bonchev–Trinajstić information content (AvgIpc) is 2.94. The summed E-state index contributed by atoms with van der Waals surface area (Å²) in [4.78, 5) is 14.8. The smallest absolute Gasteiger partial charge is 0.179 e. The van der Waals surface area contributed by atoms with Crippen molar-refractivity contribution < 1.29 is 4.79 Å². The van der Waals surface area contributed by atoms with Crippen LogP contribution in [0.5, 0.6) is 0 Å². The second kappa shape index (κ2) is 6.39. The van der Waals surface area contributed by atoms with Crippen LogP contribution >= 0.6 is 11.8 Å². The molecule has 1 heterocycles. The number of hydrogen-bond acceptors (Lipinski definition) is 3. The fraction of sp³-hybridized carbons (Fsp3) is 0.533. The lowest BCUT2D eigenvalue weighted by Crippen LogP contribution is -2.44. The Kier molecular flexibility index (Phi) is 4.84. The highest BCUT2D eigenvalue weighted by Gasteiger charge is 2.29. The molecule has 1 saturated heterocycles. The largest absolute Gasteiger partial charge is 0.293 e. The third-order valence-corrected chi connectivity index (χ3v) is 4.87. The average molecular weight is 263 g/mol. The molecule has 0 bridgehead atoms. The maximum Gasteiger partial charge on any atom is 0.179 e. The van der Waals surface area contributed by atoms with Crippen molar-refractivity contribution in [2.24, 2.45) is 0 Å². The molecule has 0 radical (unpaired) electrons.